The zero-order chi connectivity index (χ0) is 29.4. The van der Waals surface area contributed by atoms with Crippen molar-refractivity contribution in [3.05, 3.63) is 47.7 Å². The van der Waals surface area contributed by atoms with Crippen LogP contribution in [-0.4, -0.2) is 61.0 Å². The Morgan fingerprint density at radius 2 is 1.76 bits per heavy atom. The number of aliphatic carboxylic acids is 1. The number of carboxylic acid groups (broad SMARTS) is 1. The van der Waals surface area contributed by atoms with Crippen LogP contribution in [0.2, 0.25) is 0 Å². The van der Waals surface area contributed by atoms with Crippen molar-refractivity contribution < 1.29 is 29.4 Å². The molecule has 3 aromatic rings. The fourth-order valence-electron chi connectivity index (χ4n) is 3.98. The number of nitrogens with one attached hydrogen (secondary N) is 3. The minimum atomic E-state index is -1.18. The molecule has 1 unspecified atom stereocenters. The first-order chi connectivity index (χ1) is 19.7. The highest BCUT2D eigenvalue weighted by molar-refractivity contribution is 5.98. The van der Waals surface area contributed by atoms with Gasteiger partial charge in [0, 0.05) is 29.8 Å². The van der Waals surface area contributed by atoms with Crippen molar-refractivity contribution in [2.24, 2.45) is 11.0 Å². The van der Waals surface area contributed by atoms with Crippen molar-refractivity contribution in [3.63, 3.8) is 0 Å². The molecule has 0 saturated heterocycles. The number of hydrogen-bond donors (Lipinski definition) is 6. The van der Waals surface area contributed by atoms with Gasteiger partial charge in [-0.1, -0.05) is 0 Å². The van der Waals surface area contributed by atoms with Gasteiger partial charge >= 0.3 is 5.97 Å². The first kappa shape index (κ1) is 28.9. The van der Waals surface area contributed by atoms with Crippen molar-refractivity contribution >= 4 is 51.9 Å². The number of nitrogen functional groups attached to an aromatic ring is 1. The molecule has 1 aliphatic carbocycles. The third-order valence-electron chi connectivity index (χ3n) is 6.50. The van der Waals surface area contributed by atoms with E-state index < -0.39 is 23.7 Å². The molecule has 1 fully saturated rings. The topological polar surface area (TPSA) is 222 Å². The molecule has 2 heterocycles. The van der Waals surface area contributed by atoms with E-state index in [1.807, 2.05) is 0 Å². The number of hydrogen-bond acceptors (Lipinski definition) is 11. The van der Waals surface area contributed by atoms with Gasteiger partial charge in [-0.25, -0.2) is 15.4 Å². The number of carbonyl (C=O) groups excluding carboxylic acids is 3. The van der Waals surface area contributed by atoms with Crippen LogP contribution in [-0.2, 0) is 20.9 Å². The average Bonchev–Trinajstić information content (AvgIpc) is 2.92. The number of carbonyl (C=O) groups is 4. The minimum Gasteiger partial charge on any atom is -0.492 e. The Morgan fingerprint density at radius 1 is 1.00 bits per heavy atom. The zero-order valence-corrected chi connectivity index (χ0v) is 22.1. The van der Waals surface area contributed by atoms with Gasteiger partial charge in [-0.15, -0.1) is 0 Å². The maximum atomic E-state index is 12.7. The lowest BCUT2D eigenvalue weighted by Crippen LogP contribution is -2.36. The number of benzene rings is 1. The normalized spacial score (nSPS) is 13.1. The quantitative estimate of drug-likeness (QED) is 0.130. The Bertz CT molecular complexity index is 1490. The summed E-state index contributed by atoms with van der Waals surface area (Å²) >= 11 is 0. The van der Waals surface area contributed by atoms with Gasteiger partial charge in [0.15, 0.2) is 11.3 Å². The molecule has 214 valence electrons. The molecule has 2 aromatic heterocycles. The van der Waals surface area contributed by atoms with Crippen LogP contribution < -0.4 is 21.8 Å². The summed E-state index contributed by atoms with van der Waals surface area (Å²) in [6.07, 6.45) is 2.29. The van der Waals surface area contributed by atoms with Crippen LogP contribution in [0.5, 0.6) is 5.88 Å². The monoisotopic (exact) mass is 562 g/mol. The number of nitrogens with two attached hydrogens (primary N) is 1. The summed E-state index contributed by atoms with van der Waals surface area (Å²) in [5, 5.41) is 29.1. The lowest BCUT2D eigenvalue weighted by atomic mass is 9.94. The molecule has 2 amide bonds. The molecule has 0 spiro atoms. The zero-order valence-electron chi connectivity index (χ0n) is 22.1. The van der Waals surface area contributed by atoms with E-state index in [1.54, 1.807) is 36.4 Å². The molecule has 1 saturated carbocycles. The number of hydrazone groups is 1. The number of nitrogens with zero attached hydrogens (tertiary/aromatic N) is 4. The van der Waals surface area contributed by atoms with E-state index in [2.05, 4.69) is 36.1 Å². The molecule has 0 radical (unpaired) electrons. The number of rotatable bonds is 13. The Labute approximate surface area is 234 Å². The Balaban J connectivity index is 1.23. The second-order valence-corrected chi connectivity index (χ2v) is 9.55. The number of aromatic nitrogens is 3. The second-order valence-electron chi connectivity index (χ2n) is 9.55. The van der Waals surface area contributed by atoms with Crippen LogP contribution in [0.1, 0.15) is 54.6 Å². The van der Waals surface area contributed by atoms with Gasteiger partial charge in [-0.3, -0.25) is 19.2 Å². The van der Waals surface area contributed by atoms with Crippen molar-refractivity contribution in [3.8, 4) is 5.88 Å². The molecule has 0 bridgehead atoms. The van der Waals surface area contributed by atoms with Gasteiger partial charge in [0.2, 0.25) is 17.7 Å². The van der Waals surface area contributed by atoms with Crippen molar-refractivity contribution in [2.45, 2.75) is 45.1 Å². The summed E-state index contributed by atoms with van der Waals surface area (Å²) in [4.78, 5) is 60.4. The van der Waals surface area contributed by atoms with Crippen LogP contribution in [0.25, 0.3) is 11.0 Å². The highest BCUT2D eigenvalue weighted by Gasteiger charge is 2.23. The summed E-state index contributed by atoms with van der Waals surface area (Å²) in [7, 11) is 0. The van der Waals surface area contributed by atoms with Gasteiger partial charge in [-0.05, 0) is 62.1 Å². The maximum Gasteiger partial charge on any atom is 0.306 e. The van der Waals surface area contributed by atoms with Crippen LogP contribution in [0.4, 0.5) is 11.6 Å². The number of Topliss-reactive ketones (excluding diaryl/α,β-unsaturated/α-hetero) is 1. The van der Waals surface area contributed by atoms with Gasteiger partial charge in [0.1, 0.15) is 0 Å². The molecule has 7 N–H and O–H groups in total. The Hall–Kier alpha value is -5.14. The largest absolute Gasteiger partial charge is 0.492 e. The minimum absolute atomic E-state index is 0.0517. The molecule has 1 aliphatic rings. The van der Waals surface area contributed by atoms with Crippen LogP contribution in [0, 0.1) is 5.92 Å². The molecule has 0 aliphatic heterocycles. The van der Waals surface area contributed by atoms with E-state index >= 15 is 0 Å². The van der Waals surface area contributed by atoms with Gasteiger partial charge < -0.3 is 26.6 Å². The van der Waals surface area contributed by atoms with Gasteiger partial charge in [0.05, 0.1) is 30.2 Å². The standard InChI is InChI=1S/C27H30N8O6/c28-27-32-20-10-9-19(31-24(20)25(39)33-27)13-29-17-7-4-15(5-8-17)21(36)12-16(26(40)41)6-11-22(37)30-14-23(38)35-34-18-2-1-3-18/h4-5,7-10,16,29H,1-3,6,11-14H2,(H,30,37)(H,35,38)(H,40,41)(H3,28,32,33,39). The fourth-order valence-corrected chi connectivity index (χ4v) is 3.98. The average molecular weight is 563 g/mol. The van der Waals surface area contributed by atoms with E-state index in [4.69, 9.17) is 5.73 Å². The number of aromatic hydroxyl groups is 1. The Morgan fingerprint density at radius 3 is 2.44 bits per heavy atom. The number of fused-ring (bicyclic) bond motifs is 1. The molecular weight excluding hydrogens is 532 g/mol. The van der Waals surface area contributed by atoms with E-state index in [0.29, 0.717) is 29.0 Å². The fraction of sp³-hybridized carbons (Fsp3) is 0.333. The van der Waals surface area contributed by atoms with E-state index in [9.17, 15) is 29.4 Å². The lowest BCUT2D eigenvalue weighted by molar-refractivity contribution is -0.142. The molecule has 4 rings (SSSR count). The molecule has 1 atom stereocenters. The van der Waals surface area contributed by atoms with Gasteiger partial charge in [-0.2, -0.15) is 10.1 Å². The Kier molecular flexibility index (Phi) is 9.35. The number of carboxylic acids is 1. The molecule has 41 heavy (non-hydrogen) atoms. The summed E-state index contributed by atoms with van der Waals surface area (Å²) in [5.41, 5.74) is 11.1. The van der Waals surface area contributed by atoms with E-state index in [0.717, 1.165) is 25.0 Å². The van der Waals surface area contributed by atoms with Crippen LogP contribution in [0.15, 0.2) is 41.5 Å². The summed E-state index contributed by atoms with van der Waals surface area (Å²) < 4.78 is 0. The highest BCUT2D eigenvalue weighted by atomic mass is 16.4. The number of amides is 2. The van der Waals surface area contributed by atoms with Crippen LogP contribution >= 0.6 is 0 Å². The number of anilines is 2. The number of ketones is 1. The third kappa shape index (κ3) is 8.17. The van der Waals surface area contributed by atoms with Crippen LogP contribution in [0.3, 0.4) is 0 Å². The maximum absolute atomic E-state index is 12.7. The summed E-state index contributed by atoms with van der Waals surface area (Å²) in [6, 6.07) is 9.92. The highest BCUT2D eigenvalue weighted by Crippen LogP contribution is 2.21. The van der Waals surface area contributed by atoms with Crippen molar-refractivity contribution in [1.82, 2.24) is 25.7 Å². The summed E-state index contributed by atoms with van der Waals surface area (Å²) in [6.45, 7) is 0.0434. The molecule has 1 aromatic carbocycles. The lowest BCUT2D eigenvalue weighted by Gasteiger charge is -2.14. The molecular formula is C27H30N8O6. The first-order valence-corrected chi connectivity index (χ1v) is 13.0. The predicted octanol–water partition coefficient (Wildman–Crippen LogP) is 1.75. The van der Waals surface area contributed by atoms with Gasteiger partial charge in [0.25, 0.3) is 5.91 Å². The number of pyridine rings is 1. The van der Waals surface area contributed by atoms with Crippen molar-refractivity contribution in [2.75, 3.05) is 17.6 Å². The van der Waals surface area contributed by atoms with E-state index in [1.165, 1.54) is 0 Å². The predicted molar refractivity (Wildman–Crippen MR) is 149 cm³/mol. The molecule has 14 heteroatoms. The third-order valence-corrected chi connectivity index (χ3v) is 6.50. The SMILES string of the molecule is Nc1nc(O)c2nc(CNc3ccc(C(=O)CC(CCC(=O)NCC(=O)NN=C4CCC4)C(=O)O)cc3)ccc2n1. The summed E-state index contributed by atoms with van der Waals surface area (Å²) in [5.74, 6) is -3.92. The smallest absolute Gasteiger partial charge is 0.306 e. The van der Waals surface area contributed by atoms with E-state index in [-0.39, 0.29) is 48.9 Å². The molecule has 14 nitrogen and oxygen atoms in total. The second kappa shape index (κ2) is 13.3. The first-order valence-electron chi connectivity index (χ1n) is 13.0. The van der Waals surface area contributed by atoms with Crippen molar-refractivity contribution in [1.29, 1.82) is 0 Å².